The molecule has 0 aliphatic heterocycles. The minimum atomic E-state index is 0.124. The fourth-order valence-electron chi connectivity index (χ4n) is 2.43. The number of allylic oxidation sites excluding steroid dienone is 1. The third-order valence-electron chi connectivity index (χ3n) is 3.87. The molecule has 0 bridgehead atoms. The van der Waals surface area contributed by atoms with E-state index in [1.807, 2.05) is 38.4 Å². The van der Waals surface area contributed by atoms with E-state index in [4.69, 9.17) is 10.5 Å². The molecule has 132 valence electrons. The molecule has 2 heterocycles. The van der Waals surface area contributed by atoms with Crippen molar-refractivity contribution in [3.63, 3.8) is 0 Å². The summed E-state index contributed by atoms with van der Waals surface area (Å²) in [5.74, 6) is 0. The maximum atomic E-state index is 8.87. The Labute approximate surface area is 167 Å². The van der Waals surface area contributed by atoms with E-state index < -0.39 is 0 Å². The third-order valence-corrected chi connectivity index (χ3v) is 6.15. The second-order valence-electron chi connectivity index (χ2n) is 6.00. The molecule has 3 nitrogen and oxygen atoms in total. The topological polar surface area (TPSA) is 50.8 Å². The summed E-state index contributed by atoms with van der Waals surface area (Å²) in [5.41, 5.74) is 2.47. The van der Waals surface area contributed by atoms with Crippen molar-refractivity contribution in [3.05, 3.63) is 69.4 Å². The summed E-state index contributed by atoms with van der Waals surface area (Å²) in [6, 6.07) is 20.4. The Morgan fingerprint density at radius 1 is 0.815 bits per heavy atom. The fraction of sp³-hybridized carbons (Fsp3) is 0.0909. The summed E-state index contributed by atoms with van der Waals surface area (Å²) in [6.45, 7) is 0. The Bertz CT molecular complexity index is 1050. The lowest BCUT2D eigenvalue weighted by Crippen LogP contribution is -2.07. The van der Waals surface area contributed by atoms with Gasteiger partial charge in [0.05, 0.1) is 0 Å². The van der Waals surface area contributed by atoms with Gasteiger partial charge in [0.1, 0.15) is 17.7 Å². The molecule has 0 N–H and O–H groups in total. The summed E-state index contributed by atoms with van der Waals surface area (Å²) >= 11 is 3.30. The van der Waals surface area contributed by atoms with E-state index in [2.05, 4.69) is 53.5 Å². The summed E-state index contributed by atoms with van der Waals surface area (Å²) < 4.78 is 0. The molecule has 3 aromatic rings. The molecule has 0 amide bonds. The van der Waals surface area contributed by atoms with Crippen molar-refractivity contribution in [1.82, 2.24) is 0 Å². The van der Waals surface area contributed by atoms with Gasteiger partial charge in [0.2, 0.25) is 0 Å². The molecule has 0 aliphatic carbocycles. The standard InChI is InChI=1S/C22H17N3S2/c1-25(2)18-6-3-16(4-7-18)5-8-19-9-11-21(26-19)22-12-10-20(27-22)13-17(14-23)15-24/h3-13H,1-2H3/b8-5+. The SMILES string of the molecule is CN(C)c1ccc(/C=C/c2ccc(-c3ccc(C=C(C#N)C#N)s3)s2)cc1. The maximum absolute atomic E-state index is 8.87. The van der Waals surface area contributed by atoms with Crippen LogP contribution >= 0.6 is 22.7 Å². The van der Waals surface area contributed by atoms with Gasteiger partial charge in [0.15, 0.2) is 0 Å². The third kappa shape index (κ3) is 4.74. The number of rotatable bonds is 5. The van der Waals surface area contributed by atoms with E-state index in [-0.39, 0.29) is 5.57 Å². The number of hydrogen-bond acceptors (Lipinski definition) is 5. The first-order chi connectivity index (χ1) is 13.1. The van der Waals surface area contributed by atoms with Gasteiger partial charge in [-0.1, -0.05) is 18.2 Å². The highest BCUT2D eigenvalue weighted by molar-refractivity contribution is 7.22. The van der Waals surface area contributed by atoms with Crippen molar-refractivity contribution in [2.45, 2.75) is 0 Å². The van der Waals surface area contributed by atoms with E-state index in [9.17, 15) is 0 Å². The van der Waals surface area contributed by atoms with Gasteiger partial charge in [-0.05, 0) is 54.1 Å². The summed E-state index contributed by atoms with van der Waals surface area (Å²) in [4.78, 5) is 6.49. The van der Waals surface area contributed by atoms with Crippen molar-refractivity contribution < 1.29 is 0 Å². The summed E-state index contributed by atoms with van der Waals surface area (Å²) in [7, 11) is 4.07. The Morgan fingerprint density at radius 2 is 1.41 bits per heavy atom. The maximum Gasteiger partial charge on any atom is 0.131 e. The average Bonchev–Trinajstić information content (AvgIpc) is 3.34. The van der Waals surface area contributed by atoms with Gasteiger partial charge in [-0.2, -0.15) is 10.5 Å². The lowest BCUT2D eigenvalue weighted by molar-refractivity contribution is 1.13. The van der Waals surface area contributed by atoms with Crippen LogP contribution in [0.15, 0.2) is 54.1 Å². The van der Waals surface area contributed by atoms with Gasteiger partial charge < -0.3 is 4.90 Å². The minimum absolute atomic E-state index is 0.124. The number of nitriles is 2. The van der Waals surface area contributed by atoms with Crippen LogP contribution in [-0.2, 0) is 0 Å². The van der Waals surface area contributed by atoms with Crippen LogP contribution in [0.25, 0.3) is 28.0 Å². The predicted octanol–water partition coefficient (Wildman–Crippen LogP) is 6.14. The first-order valence-corrected chi connectivity index (χ1v) is 9.90. The average molecular weight is 388 g/mol. The van der Waals surface area contributed by atoms with E-state index in [0.717, 1.165) is 9.75 Å². The molecule has 0 atom stereocenters. The van der Waals surface area contributed by atoms with Gasteiger partial charge in [0, 0.05) is 39.3 Å². The molecule has 1 aromatic carbocycles. The zero-order chi connectivity index (χ0) is 19.2. The molecule has 0 aliphatic rings. The predicted molar refractivity (Wildman–Crippen MR) is 117 cm³/mol. The van der Waals surface area contributed by atoms with Gasteiger partial charge in [-0.15, -0.1) is 22.7 Å². The molecule has 0 unspecified atom stereocenters. The van der Waals surface area contributed by atoms with Crippen molar-refractivity contribution in [2.75, 3.05) is 19.0 Å². The first-order valence-electron chi connectivity index (χ1n) is 8.26. The van der Waals surface area contributed by atoms with Crippen LogP contribution in [0.5, 0.6) is 0 Å². The van der Waals surface area contributed by atoms with E-state index in [0.29, 0.717) is 0 Å². The molecular weight excluding hydrogens is 370 g/mol. The van der Waals surface area contributed by atoms with Crippen molar-refractivity contribution in [2.24, 2.45) is 0 Å². The zero-order valence-corrected chi connectivity index (χ0v) is 16.6. The van der Waals surface area contributed by atoms with Crippen LogP contribution in [0.4, 0.5) is 5.69 Å². The van der Waals surface area contributed by atoms with E-state index in [1.54, 1.807) is 28.7 Å². The Morgan fingerprint density at radius 3 is 2.00 bits per heavy atom. The van der Waals surface area contributed by atoms with Crippen molar-refractivity contribution in [3.8, 4) is 21.9 Å². The highest BCUT2D eigenvalue weighted by atomic mass is 32.1. The number of benzene rings is 1. The molecule has 5 heteroatoms. The molecular formula is C22H17N3S2. The highest BCUT2D eigenvalue weighted by Crippen LogP contribution is 2.35. The van der Waals surface area contributed by atoms with Crippen LogP contribution in [0.1, 0.15) is 15.3 Å². The second kappa shape index (κ2) is 8.51. The quantitative estimate of drug-likeness (QED) is 0.494. The van der Waals surface area contributed by atoms with Gasteiger partial charge in [0.25, 0.3) is 0 Å². The van der Waals surface area contributed by atoms with Gasteiger partial charge in [-0.25, -0.2) is 0 Å². The van der Waals surface area contributed by atoms with Crippen LogP contribution < -0.4 is 4.90 Å². The fourth-order valence-corrected chi connectivity index (χ4v) is 4.38. The lowest BCUT2D eigenvalue weighted by atomic mass is 10.2. The normalized spacial score (nSPS) is 10.4. The van der Waals surface area contributed by atoms with Crippen LogP contribution in [0, 0.1) is 22.7 Å². The van der Waals surface area contributed by atoms with Crippen molar-refractivity contribution >= 4 is 46.6 Å². The largest absolute Gasteiger partial charge is 0.378 e. The molecule has 0 saturated heterocycles. The minimum Gasteiger partial charge on any atom is -0.378 e. The van der Waals surface area contributed by atoms with Crippen LogP contribution in [0.2, 0.25) is 0 Å². The van der Waals surface area contributed by atoms with E-state index in [1.165, 1.54) is 21.0 Å². The molecule has 27 heavy (non-hydrogen) atoms. The first kappa shape index (κ1) is 18.7. The van der Waals surface area contributed by atoms with Crippen molar-refractivity contribution in [1.29, 1.82) is 10.5 Å². The molecule has 2 aromatic heterocycles. The summed E-state index contributed by atoms with van der Waals surface area (Å²) in [5, 5.41) is 17.7. The Kier molecular flexibility index (Phi) is 5.88. The molecule has 0 radical (unpaired) electrons. The van der Waals surface area contributed by atoms with Gasteiger partial charge >= 0.3 is 0 Å². The second-order valence-corrected chi connectivity index (χ2v) is 8.24. The molecule has 0 spiro atoms. The van der Waals surface area contributed by atoms with E-state index >= 15 is 0 Å². The monoisotopic (exact) mass is 387 g/mol. The number of anilines is 1. The highest BCUT2D eigenvalue weighted by Gasteiger charge is 2.05. The smallest absolute Gasteiger partial charge is 0.131 e. The Hall–Kier alpha value is -3.12. The van der Waals surface area contributed by atoms with Gasteiger partial charge in [-0.3, -0.25) is 0 Å². The zero-order valence-electron chi connectivity index (χ0n) is 15.0. The molecule has 3 rings (SSSR count). The molecule has 0 saturated carbocycles. The van der Waals surface area contributed by atoms with Crippen LogP contribution in [-0.4, -0.2) is 14.1 Å². The summed E-state index contributed by atoms with van der Waals surface area (Å²) in [6.07, 6.45) is 5.86. The van der Waals surface area contributed by atoms with Crippen LogP contribution in [0.3, 0.4) is 0 Å². The molecule has 0 fully saturated rings. The Balaban J connectivity index is 1.74. The number of hydrogen-bond donors (Lipinski definition) is 0. The lowest BCUT2D eigenvalue weighted by Gasteiger charge is -2.11. The number of nitrogens with zero attached hydrogens (tertiary/aromatic N) is 3. The number of thiophene rings is 2.